The topological polar surface area (TPSA) is 29.9 Å². The summed E-state index contributed by atoms with van der Waals surface area (Å²) in [5, 5.41) is 0. The minimum Gasteiger partial charge on any atom is -0.491 e. The van der Waals surface area contributed by atoms with E-state index in [-0.39, 0.29) is 6.04 Å². The van der Waals surface area contributed by atoms with Gasteiger partial charge in [0.25, 0.3) is 0 Å². The summed E-state index contributed by atoms with van der Waals surface area (Å²) in [7, 11) is 0. The molecule has 3 aromatic rings. The summed E-state index contributed by atoms with van der Waals surface area (Å²) in [5.41, 5.74) is 4.66. The van der Waals surface area contributed by atoms with E-state index in [9.17, 15) is 0 Å². The Balaban J connectivity index is 1.99. The van der Waals surface area contributed by atoms with Gasteiger partial charge in [0.2, 0.25) is 0 Å². The molecule has 0 saturated carbocycles. The van der Waals surface area contributed by atoms with Crippen LogP contribution in [0.3, 0.4) is 0 Å². The molecule has 0 fully saturated rings. The summed E-state index contributed by atoms with van der Waals surface area (Å²) in [5.74, 6) is 0.960. The Morgan fingerprint density at radius 2 is 2.05 bits per heavy atom. The Kier molecular flexibility index (Phi) is 2.47. The summed E-state index contributed by atoms with van der Waals surface area (Å²) in [4.78, 5) is 3.33. The molecule has 0 spiro atoms. The molecule has 0 amide bonds. The number of aromatic amines is 1. The molecular formula is C16H14N2OS. The standard InChI is InChI=1S/C16H14N2OS/c1-10-5-4-7-12-15(10)17-16(20)18(12)13-9-19-14-8-3-2-6-11(13)14/h2-8,13H,9H2,1H3,(H,17,20). The number of para-hydroxylation sites is 2. The van der Waals surface area contributed by atoms with Crippen molar-refractivity contribution in [2.45, 2.75) is 13.0 Å². The van der Waals surface area contributed by atoms with E-state index in [0.717, 1.165) is 21.6 Å². The van der Waals surface area contributed by atoms with Crippen LogP contribution >= 0.6 is 12.2 Å². The third kappa shape index (κ3) is 1.55. The molecule has 1 aliphatic heterocycles. The van der Waals surface area contributed by atoms with Gasteiger partial charge in [0.15, 0.2) is 4.77 Å². The molecular weight excluding hydrogens is 268 g/mol. The molecule has 100 valence electrons. The van der Waals surface area contributed by atoms with E-state index < -0.39 is 0 Å². The summed E-state index contributed by atoms with van der Waals surface area (Å²) in [6.45, 7) is 2.73. The highest BCUT2D eigenvalue weighted by molar-refractivity contribution is 7.71. The number of H-pyrrole nitrogens is 1. The molecule has 0 saturated heterocycles. The maximum atomic E-state index is 5.79. The summed E-state index contributed by atoms with van der Waals surface area (Å²) in [6.07, 6.45) is 0. The Labute approximate surface area is 121 Å². The van der Waals surface area contributed by atoms with Gasteiger partial charge in [-0.15, -0.1) is 0 Å². The number of benzene rings is 2. The normalized spacial score (nSPS) is 17.1. The number of rotatable bonds is 1. The van der Waals surface area contributed by atoms with E-state index >= 15 is 0 Å². The van der Waals surface area contributed by atoms with Crippen molar-refractivity contribution < 1.29 is 4.74 Å². The van der Waals surface area contributed by atoms with Crippen molar-refractivity contribution in [3.63, 3.8) is 0 Å². The van der Waals surface area contributed by atoms with Crippen molar-refractivity contribution in [2.24, 2.45) is 0 Å². The van der Waals surface area contributed by atoms with Crippen molar-refractivity contribution in [3.8, 4) is 5.75 Å². The van der Waals surface area contributed by atoms with Gasteiger partial charge in [-0.2, -0.15) is 0 Å². The third-order valence-corrected chi connectivity index (χ3v) is 4.25. The lowest BCUT2D eigenvalue weighted by Gasteiger charge is -2.12. The number of imidazole rings is 1. The molecule has 1 aromatic heterocycles. The second-order valence-electron chi connectivity index (χ2n) is 5.13. The Bertz CT molecular complexity index is 862. The van der Waals surface area contributed by atoms with Crippen molar-refractivity contribution in [3.05, 3.63) is 58.4 Å². The highest BCUT2D eigenvalue weighted by Gasteiger charge is 2.27. The Morgan fingerprint density at radius 1 is 1.20 bits per heavy atom. The van der Waals surface area contributed by atoms with E-state index in [1.54, 1.807) is 0 Å². The molecule has 2 heterocycles. The molecule has 0 radical (unpaired) electrons. The van der Waals surface area contributed by atoms with Gasteiger partial charge < -0.3 is 14.3 Å². The zero-order valence-corrected chi connectivity index (χ0v) is 11.9. The predicted molar refractivity (Wildman–Crippen MR) is 81.9 cm³/mol. The van der Waals surface area contributed by atoms with E-state index in [0.29, 0.717) is 6.61 Å². The molecule has 1 atom stereocenters. The zero-order valence-electron chi connectivity index (χ0n) is 11.1. The first-order chi connectivity index (χ1) is 9.75. The SMILES string of the molecule is Cc1cccc2c1[nH]c(=S)n2C1COc2ccccc21. The van der Waals surface area contributed by atoms with Gasteiger partial charge in [-0.25, -0.2) is 0 Å². The monoisotopic (exact) mass is 282 g/mol. The second kappa shape index (κ2) is 4.21. The molecule has 1 unspecified atom stereocenters. The van der Waals surface area contributed by atoms with Crippen LogP contribution in [0, 0.1) is 11.7 Å². The predicted octanol–water partition coefficient (Wildman–Crippen LogP) is 3.99. The summed E-state index contributed by atoms with van der Waals surface area (Å²) >= 11 is 5.53. The molecule has 1 N–H and O–H groups in total. The first-order valence-corrected chi connectivity index (χ1v) is 7.08. The van der Waals surface area contributed by atoms with Gasteiger partial charge in [0, 0.05) is 5.56 Å². The van der Waals surface area contributed by atoms with Crippen molar-refractivity contribution >= 4 is 23.3 Å². The summed E-state index contributed by atoms with van der Waals surface area (Å²) < 4.78 is 8.71. The largest absolute Gasteiger partial charge is 0.491 e. The van der Waals surface area contributed by atoms with Crippen LogP contribution in [0.5, 0.6) is 5.75 Å². The van der Waals surface area contributed by atoms with Gasteiger partial charge in [-0.3, -0.25) is 0 Å². The second-order valence-corrected chi connectivity index (χ2v) is 5.52. The number of nitrogens with one attached hydrogen (secondary N) is 1. The lowest BCUT2D eigenvalue weighted by molar-refractivity contribution is 0.318. The van der Waals surface area contributed by atoms with E-state index in [2.05, 4.69) is 40.7 Å². The number of ether oxygens (including phenoxy) is 1. The van der Waals surface area contributed by atoms with Gasteiger partial charge >= 0.3 is 0 Å². The highest BCUT2D eigenvalue weighted by atomic mass is 32.1. The third-order valence-electron chi connectivity index (χ3n) is 3.95. The number of fused-ring (bicyclic) bond motifs is 2. The maximum Gasteiger partial charge on any atom is 0.178 e. The lowest BCUT2D eigenvalue weighted by atomic mass is 10.1. The molecule has 20 heavy (non-hydrogen) atoms. The minimum absolute atomic E-state index is 0.147. The molecule has 2 aromatic carbocycles. The van der Waals surface area contributed by atoms with Crippen molar-refractivity contribution in [1.82, 2.24) is 9.55 Å². The van der Waals surface area contributed by atoms with Gasteiger partial charge in [-0.1, -0.05) is 30.3 Å². The molecule has 3 nitrogen and oxygen atoms in total. The first kappa shape index (κ1) is 11.7. The lowest BCUT2D eigenvalue weighted by Crippen LogP contribution is -2.12. The number of nitrogens with zero attached hydrogens (tertiary/aromatic N) is 1. The first-order valence-electron chi connectivity index (χ1n) is 6.67. The molecule has 1 aliphatic rings. The van der Waals surface area contributed by atoms with Crippen LogP contribution in [0.15, 0.2) is 42.5 Å². The van der Waals surface area contributed by atoms with E-state index in [1.165, 1.54) is 11.1 Å². The average Bonchev–Trinajstić information content (AvgIpc) is 3.00. The average molecular weight is 282 g/mol. The number of hydrogen-bond acceptors (Lipinski definition) is 2. The van der Waals surface area contributed by atoms with Crippen LogP contribution in [0.4, 0.5) is 0 Å². The number of hydrogen-bond donors (Lipinski definition) is 1. The van der Waals surface area contributed by atoms with Gasteiger partial charge in [0.05, 0.1) is 17.1 Å². The van der Waals surface area contributed by atoms with Gasteiger partial charge in [0.1, 0.15) is 12.4 Å². The van der Waals surface area contributed by atoms with E-state index in [4.69, 9.17) is 17.0 Å². The Hall–Kier alpha value is -2.07. The Morgan fingerprint density at radius 3 is 2.95 bits per heavy atom. The van der Waals surface area contributed by atoms with Crippen LogP contribution in [-0.2, 0) is 0 Å². The minimum atomic E-state index is 0.147. The van der Waals surface area contributed by atoms with Gasteiger partial charge in [-0.05, 0) is 36.8 Å². The molecule has 0 aliphatic carbocycles. The number of aryl methyl sites for hydroxylation is 1. The zero-order chi connectivity index (χ0) is 13.7. The fourth-order valence-electron chi connectivity index (χ4n) is 2.96. The maximum absolute atomic E-state index is 5.79. The smallest absolute Gasteiger partial charge is 0.178 e. The van der Waals surface area contributed by atoms with Crippen molar-refractivity contribution in [2.75, 3.05) is 6.61 Å². The van der Waals surface area contributed by atoms with Crippen LogP contribution in [0.2, 0.25) is 0 Å². The van der Waals surface area contributed by atoms with Crippen LogP contribution in [0.25, 0.3) is 11.0 Å². The molecule has 4 heteroatoms. The molecule has 0 bridgehead atoms. The number of aromatic nitrogens is 2. The van der Waals surface area contributed by atoms with Crippen LogP contribution in [0.1, 0.15) is 17.2 Å². The van der Waals surface area contributed by atoms with Crippen molar-refractivity contribution in [1.29, 1.82) is 0 Å². The van der Waals surface area contributed by atoms with Crippen LogP contribution in [-0.4, -0.2) is 16.2 Å². The highest BCUT2D eigenvalue weighted by Crippen LogP contribution is 2.36. The fraction of sp³-hybridized carbons (Fsp3) is 0.188. The quantitative estimate of drug-likeness (QED) is 0.684. The molecule has 4 rings (SSSR count). The summed E-state index contributed by atoms with van der Waals surface area (Å²) in [6, 6.07) is 14.6. The van der Waals surface area contributed by atoms with Crippen LogP contribution < -0.4 is 4.74 Å². The van der Waals surface area contributed by atoms with E-state index in [1.807, 2.05) is 18.2 Å². The fourth-order valence-corrected chi connectivity index (χ4v) is 3.29.